The molecule has 2 atom stereocenters. The van der Waals surface area contributed by atoms with Crippen LogP contribution in [0.5, 0.6) is 0 Å². The highest BCUT2D eigenvalue weighted by Crippen LogP contribution is 2.46. The van der Waals surface area contributed by atoms with Crippen LogP contribution in [0.2, 0.25) is 0 Å². The maximum atomic E-state index is 12.4. The van der Waals surface area contributed by atoms with Crippen molar-refractivity contribution < 1.29 is 9.59 Å². The third-order valence-electron chi connectivity index (χ3n) is 7.03. The van der Waals surface area contributed by atoms with Gasteiger partial charge in [-0.05, 0) is 85.5 Å². The molecule has 0 spiro atoms. The lowest BCUT2D eigenvalue weighted by Crippen LogP contribution is -2.46. The molecule has 0 amide bonds. The molecule has 32 heavy (non-hydrogen) atoms. The fourth-order valence-corrected chi connectivity index (χ4v) is 4.48. The van der Waals surface area contributed by atoms with Gasteiger partial charge in [-0.15, -0.1) is 0 Å². The van der Waals surface area contributed by atoms with Crippen molar-refractivity contribution in [3.8, 4) is 0 Å². The minimum atomic E-state index is -0.596. The van der Waals surface area contributed by atoms with E-state index in [1.807, 2.05) is 13.8 Å². The number of hydrogen-bond acceptors (Lipinski definition) is 4. The van der Waals surface area contributed by atoms with Crippen molar-refractivity contribution in [2.75, 3.05) is 0 Å². The van der Waals surface area contributed by atoms with Crippen LogP contribution in [-0.4, -0.2) is 22.6 Å². The average molecular weight is 449 g/mol. The molecule has 4 nitrogen and oxygen atoms in total. The third-order valence-corrected chi connectivity index (χ3v) is 7.03. The summed E-state index contributed by atoms with van der Waals surface area (Å²) in [6.07, 6.45) is 7.48. The van der Waals surface area contributed by atoms with E-state index in [1.165, 1.54) is 11.1 Å². The molecule has 2 unspecified atom stereocenters. The Morgan fingerprint density at radius 1 is 0.781 bits per heavy atom. The second-order valence-electron chi connectivity index (χ2n) is 12.8. The Morgan fingerprint density at radius 3 is 1.66 bits per heavy atom. The molecule has 0 aromatic rings. The van der Waals surface area contributed by atoms with Crippen molar-refractivity contribution >= 4 is 11.6 Å². The molecule has 0 aromatic carbocycles. The van der Waals surface area contributed by atoms with E-state index in [0.717, 1.165) is 19.3 Å². The SMILES string of the molecule is CC(=O)CC(C(C)=O)C(C=C(C)CC(C)(C)C(C)(C)CC=C(C)CC(C)(C)N)C(C)(C)N. The highest BCUT2D eigenvalue weighted by molar-refractivity contribution is 5.86. The number of allylic oxidation sites excluding steroid dienone is 2. The van der Waals surface area contributed by atoms with Gasteiger partial charge in [-0.3, -0.25) is 4.79 Å². The van der Waals surface area contributed by atoms with Crippen LogP contribution in [0.25, 0.3) is 0 Å². The van der Waals surface area contributed by atoms with Crippen LogP contribution in [0.3, 0.4) is 0 Å². The summed E-state index contributed by atoms with van der Waals surface area (Å²) in [7, 11) is 0. The molecule has 0 aromatic heterocycles. The molecule has 0 radical (unpaired) electrons. The molecular formula is C28H52N2O2. The smallest absolute Gasteiger partial charge is 0.134 e. The Bertz CT molecular complexity index is 713. The zero-order valence-corrected chi connectivity index (χ0v) is 23.1. The summed E-state index contributed by atoms with van der Waals surface area (Å²) in [4.78, 5) is 24.2. The summed E-state index contributed by atoms with van der Waals surface area (Å²) >= 11 is 0. The van der Waals surface area contributed by atoms with E-state index in [0.29, 0.717) is 0 Å². The Labute approximate surface area is 198 Å². The minimum absolute atomic E-state index is 0.0229. The Hall–Kier alpha value is -1.26. The van der Waals surface area contributed by atoms with Crippen LogP contribution < -0.4 is 11.5 Å². The topological polar surface area (TPSA) is 86.2 Å². The largest absolute Gasteiger partial charge is 0.325 e. The molecular weight excluding hydrogens is 396 g/mol. The van der Waals surface area contributed by atoms with Crippen LogP contribution in [0.15, 0.2) is 23.3 Å². The van der Waals surface area contributed by atoms with Crippen molar-refractivity contribution in [3.05, 3.63) is 23.3 Å². The monoisotopic (exact) mass is 448 g/mol. The van der Waals surface area contributed by atoms with Crippen molar-refractivity contribution in [3.63, 3.8) is 0 Å². The Balaban J connectivity index is 5.76. The lowest BCUT2D eigenvalue weighted by Gasteiger charge is -2.42. The molecule has 0 saturated carbocycles. The van der Waals surface area contributed by atoms with E-state index in [4.69, 9.17) is 11.5 Å². The summed E-state index contributed by atoms with van der Waals surface area (Å²) in [5.41, 5.74) is 14.5. The van der Waals surface area contributed by atoms with Gasteiger partial charge in [0.15, 0.2) is 0 Å². The van der Waals surface area contributed by atoms with E-state index in [1.54, 1.807) is 13.8 Å². The van der Waals surface area contributed by atoms with E-state index in [-0.39, 0.29) is 46.2 Å². The predicted molar refractivity (Wildman–Crippen MR) is 138 cm³/mol. The first-order valence-corrected chi connectivity index (χ1v) is 12.0. The molecule has 0 aliphatic rings. The molecule has 0 fully saturated rings. The van der Waals surface area contributed by atoms with Crippen LogP contribution in [0, 0.1) is 22.7 Å². The van der Waals surface area contributed by atoms with Crippen molar-refractivity contribution in [2.24, 2.45) is 34.1 Å². The fraction of sp³-hybridized carbons (Fsp3) is 0.786. The molecule has 0 bridgehead atoms. The zero-order chi connectivity index (χ0) is 25.7. The molecule has 4 heteroatoms. The minimum Gasteiger partial charge on any atom is -0.325 e. The number of carbonyl (C=O) groups is 2. The lowest BCUT2D eigenvalue weighted by molar-refractivity contribution is -0.127. The van der Waals surface area contributed by atoms with Crippen molar-refractivity contribution in [1.82, 2.24) is 0 Å². The van der Waals surface area contributed by atoms with Gasteiger partial charge < -0.3 is 16.3 Å². The van der Waals surface area contributed by atoms with E-state index >= 15 is 0 Å². The molecule has 0 aliphatic carbocycles. The Morgan fingerprint density at radius 2 is 1.28 bits per heavy atom. The second kappa shape index (κ2) is 11.2. The van der Waals surface area contributed by atoms with Gasteiger partial charge in [-0.25, -0.2) is 0 Å². The Kier molecular flexibility index (Phi) is 10.8. The van der Waals surface area contributed by atoms with Crippen LogP contribution >= 0.6 is 0 Å². The van der Waals surface area contributed by atoms with Gasteiger partial charge in [0.2, 0.25) is 0 Å². The number of nitrogens with two attached hydrogens (primary N) is 2. The van der Waals surface area contributed by atoms with Crippen molar-refractivity contribution in [1.29, 1.82) is 0 Å². The predicted octanol–water partition coefficient (Wildman–Crippen LogP) is 6.38. The molecule has 0 aliphatic heterocycles. The van der Waals surface area contributed by atoms with Gasteiger partial charge in [-0.1, -0.05) is 51.0 Å². The van der Waals surface area contributed by atoms with Gasteiger partial charge >= 0.3 is 0 Å². The van der Waals surface area contributed by atoms with Gasteiger partial charge in [0, 0.05) is 29.3 Å². The van der Waals surface area contributed by atoms with Crippen LogP contribution in [0.4, 0.5) is 0 Å². The summed E-state index contributed by atoms with van der Waals surface area (Å²) in [5, 5.41) is 0. The number of ketones is 2. The second-order valence-corrected chi connectivity index (χ2v) is 12.8. The molecule has 4 N–H and O–H groups in total. The first-order chi connectivity index (χ1) is 14.1. The third kappa shape index (κ3) is 10.6. The summed E-state index contributed by atoms with van der Waals surface area (Å²) < 4.78 is 0. The van der Waals surface area contributed by atoms with Gasteiger partial charge in [0.05, 0.1) is 0 Å². The standard InChI is InChI=1S/C28H52N2O2/c1-19(18-27(9,10)29)13-14-25(5,6)26(7,8)17-20(2)15-24(28(11,12)30)23(22(4)32)16-21(3)31/h13,15,23-24H,14,16-18,29-30H2,1-12H3. The molecule has 0 rings (SSSR count). The number of carbonyl (C=O) groups excluding carboxylic acids is 2. The average Bonchev–Trinajstić information content (AvgIpc) is 2.52. The number of Topliss-reactive ketones (excluding diaryl/α,β-unsaturated/α-hetero) is 2. The number of rotatable bonds is 13. The summed E-state index contributed by atoms with van der Waals surface area (Å²) in [6.45, 7) is 24.6. The summed E-state index contributed by atoms with van der Waals surface area (Å²) in [5.74, 6) is -0.522. The lowest BCUT2D eigenvalue weighted by atomic mass is 9.62. The highest BCUT2D eigenvalue weighted by atomic mass is 16.1. The van der Waals surface area contributed by atoms with Crippen molar-refractivity contribution in [2.45, 2.75) is 120 Å². The van der Waals surface area contributed by atoms with Crippen LogP contribution in [0.1, 0.15) is 109 Å². The molecule has 0 saturated heterocycles. The molecule has 186 valence electrons. The van der Waals surface area contributed by atoms with Crippen LogP contribution in [-0.2, 0) is 9.59 Å². The van der Waals surface area contributed by atoms with E-state index in [9.17, 15) is 9.59 Å². The van der Waals surface area contributed by atoms with Gasteiger partial charge in [-0.2, -0.15) is 0 Å². The highest BCUT2D eigenvalue weighted by Gasteiger charge is 2.38. The van der Waals surface area contributed by atoms with Gasteiger partial charge in [0.25, 0.3) is 0 Å². The van der Waals surface area contributed by atoms with Gasteiger partial charge in [0.1, 0.15) is 11.6 Å². The van der Waals surface area contributed by atoms with E-state index in [2.05, 4.69) is 67.5 Å². The molecule has 0 heterocycles. The summed E-state index contributed by atoms with van der Waals surface area (Å²) in [6, 6.07) is 0. The normalized spacial score (nSPS) is 16.7. The fourth-order valence-electron chi connectivity index (χ4n) is 4.48. The first-order valence-electron chi connectivity index (χ1n) is 12.0. The maximum Gasteiger partial charge on any atom is 0.134 e. The zero-order valence-electron chi connectivity index (χ0n) is 23.1. The van der Waals surface area contributed by atoms with E-state index < -0.39 is 5.54 Å². The maximum absolute atomic E-state index is 12.4. The number of hydrogen-bond donors (Lipinski definition) is 2. The quantitative estimate of drug-likeness (QED) is 0.320. The first kappa shape index (κ1) is 30.7.